The summed E-state index contributed by atoms with van der Waals surface area (Å²) in [7, 11) is 0. The highest BCUT2D eigenvalue weighted by molar-refractivity contribution is 5.75. The lowest BCUT2D eigenvalue weighted by Crippen LogP contribution is -2.47. The van der Waals surface area contributed by atoms with Crippen LogP contribution in [0.1, 0.15) is 64.7 Å². The van der Waals surface area contributed by atoms with E-state index in [0.717, 1.165) is 37.9 Å². The average molecular weight is 295 g/mol. The predicted molar refractivity (Wildman–Crippen MR) is 87.1 cm³/mol. The molecule has 1 saturated carbocycles. The number of hydrogen-bond donors (Lipinski definition) is 2. The van der Waals surface area contributed by atoms with Gasteiger partial charge in [0.05, 0.1) is 6.54 Å². The van der Waals surface area contributed by atoms with E-state index >= 15 is 0 Å². The zero-order valence-electron chi connectivity index (χ0n) is 13.7. The molecule has 1 heterocycles. The Balaban J connectivity index is 1.67. The molecule has 0 aromatic rings. The van der Waals surface area contributed by atoms with E-state index in [0.29, 0.717) is 12.6 Å². The van der Waals surface area contributed by atoms with E-state index in [1.54, 1.807) is 0 Å². The van der Waals surface area contributed by atoms with Crippen LogP contribution in [0.5, 0.6) is 0 Å². The van der Waals surface area contributed by atoms with Crippen LogP contribution in [-0.2, 0) is 4.79 Å². The molecule has 4 heteroatoms. The van der Waals surface area contributed by atoms with Gasteiger partial charge in [0, 0.05) is 25.2 Å². The van der Waals surface area contributed by atoms with Gasteiger partial charge in [0.1, 0.15) is 0 Å². The first-order chi connectivity index (χ1) is 10.2. The zero-order valence-corrected chi connectivity index (χ0v) is 13.7. The maximum Gasteiger partial charge on any atom is 0.231 e. The van der Waals surface area contributed by atoms with Crippen LogP contribution in [0.3, 0.4) is 0 Å². The first-order valence-electron chi connectivity index (χ1n) is 8.94. The minimum Gasteiger partial charge on any atom is -0.369 e. The normalized spacial score (nSPS) is 29.2. The summed E-state index contributed by atoms with van der Waals surface area (Å²) in [6.45, 7) is 4.74. The van der Waals surface area contributed by atoms with Crippen molar-refractivity contribution in [3.8, 4) is 0 Å². The van der Waals surface area contributed by atoms with Gasteiger partial charge < -0.3 is 11.1 Å². The average Bonchev–Trinajstić information content (AvgIpc) is 2.67. The first kappa shape index (κ1) is 16.8. The van der Waals surface area contributed by atoms with Crippen LogP contribution >= 0.6 is 0 Å². The van der Waals surface area contributed by atoms with Gasteiger partial charge in [-0.1, -0.05) is 32.6 Å². The summed E-state index contributed by atoms with van der Waals surface area (Å²) in [6.07, 6.45) is 12.0. The van der Waals surface area contributed by atoms with Gasteiger partial charge in [-0.25, -0.2) is 0 Å². The van der Waals surface area contributed by atoms with Gasteiger partial charge in [-0.05, 0) is 38.0 Å². The smallest absolute Gasteiger partial charge is 0.231 e. The molecular formula is C17H33N3O. The molecule has 1 aliphatic carbocycles. The molecule has 1 saturated heterocycles. The van der Waals surface area contributed by atoms with Gasteiger partial charge in [0.25, 0.3) is 0 Å². The molecule has 122 valence electrons. The maximum absolute atomic E-state index is 11.0. The molecule has 0 spiro atoms. The number of primary amides is 1. The monoisotopic (exact) mass is 295 g/mol. The van der Waals surface area contributed by atoms with Crippen molar-refractivity contribution in [2.45, 2.75) is 76.8 Å². The van der Waals surface area contributed by atoms with Crippen LogP contribution in [0.2, 0.25) is 0 Å². The lowest BCUT2D eigenvalue weighted by atomic mass is 9.95. The van der Waals surface area contributed by atoms with Gasteiger partial charge in [0.2, 0.25) is 5.91 Å². The number of carbonyl (C=O) groups is 1. The Bertz CT molecular complexity index is 313. The van der Waals surface area contributed by atoms with Gasteiger partial charge >= 0.3 is 0 Å². The Kier molecular flexibility index (Phi) is 6.97. The van der Waals surface area contributed by atoms with Gasteiger partial charge in [0.15, 0.2) is 0 Å². The van der Waals surface area contributed by atoms with E-state index in [9.17, 15) is 4.79 Å². The summed E-state index contributed by atoms with van der Waals surface area (Å²) in [5, 5.41) is 3.89. The number of hydrogen-bond acceptors (Lipinski definition) is 3. The predicted octanol–water partition coefficient (Wildman–Crippen LogP) is 2.27. The Morgan fingerprint density at radius 1 is 1.10 bits per heavy atom. The maximum atomic E-state index is 11.0. The minimum atomic E-state index is -0.202. The third kappa shape index (κ3) is 5.95. The number of likely N-dealkylation sites (tertiary alicyclic amines) is 1. The van der Waals surface area contributed by atoms with E-state index in [1.807, 2.05) is 0 Å². The molecule has 0 bridgehead atoms. The summed E-state index contributed by atoms with van der Waals surface area (Å²) in [5.74, 6) is 0.770. The SMILES string of the molecule is CCCC1CCCC(NC2CCN(CC(N)=O)CC2)CC1. The molecule has 0 radical (unpaired) electrons. The van der Waals surface area contributed by atoms with Crippen molar-refractivity contribution in [1.29, 1.82) is 0 Å². The van der Waals surface area contributed by atoms with Crippen LogP contribution in [-0.4, -0.2) is 42.5 Å². The number of nitrogens with one attached hydrogen (secondary N) is 1. The summed E-state index contributed by atoms with van der Waals surface area (Å²) >= 11 is 0. The molecule has 0 aromatic heterocycles. The molecule has 2 rings (SSSR count). The van der Waals surface area contributed by atoms with E-state index < -0.39 is 0 Å². The molecule has 2 atom stereocenters. The largest absolute Gasteiger partial charge is 0.369 e. The minimum absolute atomic E-state index is 0.202. The molecule has 1 amide bonds. The van der Waals surface area contributed by atoms with Crippen LogP contribution in [0, 0.1) is 5.92 Å². The second kappa shape index (κ2) is 8.74. The van der Waals surface area contributed by atoms with Crippen molar-refractivity contribution in [3.63, 3.8) is 0 Å². The van der Waals surface area contributed by atoms with Crippen LogP contribution < -0.4 is 11.1 Å². The second-order valence-corrected chi connectivity index (χ2v) is 7.04. The van der Waals surface area contributed by atoms with E-state index in [1.165, 1.54) is 44.9 Å². The lowest BCUT2D eigenvalue weighted by molar-refractivity contribution is -0.119. The van der Waals surface area contributed by atoms with Crippen molar-refractivity contribution in [2.75, 3.05) is 19.6 Å². The fourth-order valence-electron chi connectivity index (χ4n) is 4.05. The van der Waals surface area contributed by atoms with Crippen LogP contribution in [0.4, 0.5) is 0 Å². The van der Waals surface area contributed by atoms with Gasteiger partial charge in [-0.15, -0.1) is 0 Å². The Morgan fingerprint density at radius 3 is 2.48 bits per heavy atom. The van der Waals surface area contributed by atoms with Crippen molar-refractivity contribution in [3.05, 3.63) is 0 Å². The fourth-order valence-corrected chi connectivity index (χ4v) is 4.05. The summed E-state index contributed by atoms with van der Waals surface area (Å²) in [6, 6.07) is 1.36. The van der Waals surface area contributed by atoms with E-state index in [4.69, 9.17) is 5.73 Å². The van der Waals surface area contributed by atoms with Crippen molar-refractivity contribution >= 4 is 5.91 Å². The molecule has 21 heavy (non-hydrogen) atoms. The third-order valence-corrected chi connectivity index (χ3v) is 5.22. The Labute approximate surface area is 129 Å². The molecule has 4 nitrogen and oxygen atoms in total. The summed E-state index contributed by atoms with van der Waals surface area (Å²) in [4.78, 5) is 13.1. The number of carbonyl (C=O) groups excluding carboxylic acids is 1. The van der Waals surface area contributed by atoms with Crippen molar-refractivity contribution < 1.29 is 4.79 Å². The standard InChI is InChI=1S/C17H33N3O/c1-2-4-14-5-3-6-15(8-7-14)19-16-9-11-20(12-10-16)13-17(18)21/h14-16,19H,2-13H2,1H3,(H2,18,21). The van der Waals surface area contributed by atoms with Gasteiger partial charge in [-0.3, -0.25) is 9.69 Å². The number of amides is 1. The van der Waals surface area contributed by atoms with Crippen LogP contribution in [0.15, 0.2) is 0 Å². The summed E-state index contributed by atoms with van der Waals surface area (Å²) < 4.78 is 0. The third-order valence-electron chi connectivity index (χ3n) is 5.22. The lowest BCUT2D eigenvalue weighted by Gasteiger charge is -2.33. The molecule has 3 N–H and O–H groups in total. The highest BCUT2D eigenvalue weighted by Crippen LogP contribution is 2.27. The van der Waals surface area contributed by atoms with Crippen molar-refractivity contribution in [1.82, 2.24) is 10.2 Å². The molecule has 2 aliphatic rings. The van der Waals surface area contributed by atoms with E-state index in [-0.39, 0.29) is 5.91 Å². The second-order valence-electron chi connectivity index (χ2n) is 7.04. The quantitative estimate of drug-likeness (QED) is 0.739. The van der Waals surface area contributed by atoms with E-state index in [2.05, 4.69) is 17.1 Å². The summed E-state index contributed by atoms with van der Waals surface area (Å²) in [5.41, 5.74) is 5.27. The number of nitrogens with zero attached hydrogens (tertiary/aromatic N) is 1. The molecule has 1 aliphatic heterocycles. The molecule has 2 fully saturated rings. The van der Waals surface area contributed by atoms with Gasteiger partial charge in [-0.2, -0.15) is 0 Å². The highest BCUT2D eigenvalue weighted by Gasteiger charge is 2.24. The highest BCUT2D eigenvalue weighted by atomic mass is 16.1. The Hall–Kier alpha value is -0.610. The first-order valence-corrected chi connectivity index (χ1v) is 8.94. The molecule has 0 aromatic carbocycles. The molecular weight excluding hydrogens is 262 g/mol. The molecule has 2 unspecified atom stereocenters. The topological polar surface area (TPSA) is 58.4 Å². The number of rotatable bonds is 6. The van der Waals surface area contributed by atoms with Crippen molar-refractivity contribution in [2.24, 2.45) is 11.7 Å². The zero-order chi connectivity index (χ0) is 15.1. The number of nitrogens with two attached hydrogens (primary N) is 1. The number of piperidine rings is 1. The fraction of sp³-hybridized carbons (Fsp3) is 0.941. The van der Waals surface area contributed by atoms with Crippen LogP contribution in [0.25, 0.3) is 0 Å². The Morgan fingerprint density at radius 2 is 1.81 bits per heavy atom.